The Morgan fingerprint density at radius 2 is 1.95 bits per heavy atom. The summed E-state index contributed by atoms with van der Waals surface area (Å²) in [4.78, 5) is 7.57. The highest BCUT2D eigenvalue weighted by Crippen LogP contribution is 2.43. The Hall–Kier alpha value is -1.45. The first-order valence-electron chi connectivity index (χ1n) is 7.68. The fourth-order valence-electron chi connectivity index (χ4n) is 3.60. The van der Waals surface area contributed by atoms with Crippen LogP contribution in [0.25, 0.3) is 10.9 Å². The molecular weight excluding hydrogens is 246 g/mol. The van der Waals surface area contributed by atoms with Crippen molar-refractivity contribution in [1.29, 1.82) is 0 Å². The van der Waals surface area contributed by atoms with E-state index in [9.17, 15) is 0 Å². The third-order valence-electron chi connectivity index (χ3n) is 4.80. The molecule has 1 aliphatic heterocycles. The maximum Gasteiger partial charge on any atom is 0.0706 e. The Kier molecular flexibility index (Phi) is 2.97. The van der Waals surface area contributed by atoms with Crippen LogP contribution in [0.2, 0.25) is 0 Å². The molecule has 0 spiro atoms. The van der Waals surface area contributed by atoms with Crippen LogP contribution in [-0.4, -0.2) is 29.0 Å². The molecule has 1 aromatic carbocycles. The lowest BCUT2D eigenvalue weighted by Crippen LogP contribution is -2.30. The molecule has 2 unspecified atom stereocenters. The molecule has 4 rings (SSSR count). The zero-order valence-corrected chi connectivity index (χ0v) is 11.7. The Bertz CT molecular complexity index is 620. The molecule has 0 amide bonds. The summed E-state index contributed by atoms with van der Waals surface area (Å²) in [6.07, 6.45) is 3.91. The van der Waals surface area contributed by atoms with Gasteiger partial charge in [0.1, 0.15) is 0 Å². The van der Waals surface area contributed by atoms with Crippen molar-refractivity contribution in [3.8, 4) is 0 Å². The second kappa shape index (κ2) is 4.83. The number of hydrogen-bond donors (Lipinski definition) is 1. The minimum Gasteiger partial charge on any atom is -0.330 e. The number of rotatable bonds is 3. The first-order valence-corrected chi connectivity index (χ1v) is 7.68. The van der Waals surface area contributed by atoms with Crippen LogP contribution in [0.3, 0.4) is 0 Å². The van der Waals surface area contributed by atoms with Crippen LogP contribution in [0.1, 0.15) is 31.0 Å². The lowest BCUT2D eigenvalue weighted by atomic mass is 9.96. The van der Waals surface area contributed by atoms with E-state index in [0.29, 0.717) is 12.0 Å². The van der Waals surface area contributed by atoms with Gasteiger partial charge in [-0.3, -0.25) is 9.88 Å². The topological polar surface area (TPSA) is 42.1 Å². The Morgan fingerprint density at radius 1 is 1.10 bits per heavy atom. The van der Waals surface area contributed by atoms with Gasteiger partial charge in [0.05, 0.1) is 17.3 Å². The van der Waals surface area contributed by atoms with E-state index in [2.05, 4.69) is 41.3 Å². The van der Waals surface area contributed by atoms with E-state index >= 15 is 0 Å². The number of fused-ring (bicyclic) bond motifs is 1. The number of benzene rings is 1. The predicted octanol–water partition coefficient (Wildman–Crippen LogP) is 2.72. The summed E-state index contributed by atoms with van der Waals surface area (Å²) in [6.45, 7) is 1.95. The van der Waals surface area contributed by atoms with E-state index in [-0.39, 0.29) is 0 Å². The van der Waals surface area contributed by atoms with Crippen LogP contribution in [-0.2, 0) is 0 Å². The van der Waals surface area contributed by atoms with Gasteiger partial charge >= 0.3 is 0 Å². The minimum atomic E-state index is 0.428. The molecule has 2 aromatic rings. The lowest BCUT2D eigenvalue weighted by Gasteiger charge is -2.27. The lowest BCUT2D eigenvalue weighted by molar-refractivity contribution is 0.216. The number of hydrogen-bond acceptors (Lipinski definition) is 3. The van der Waals surface area contributed by atoms with Gasteiger partial charge in [-0.05, 0) is 50.4 Å². The summed E-state index contributed by atoms with van der Waals surface area (Å²) in [6, 6.07) is 14.0. The highest BCUT2D eigenvalue weighted by atomic mass is 15.2. The molecule has 1 saturated heterocycles. The summed E-state index contributed by atoms with van der Waals surface area (Å²) < 4.78 is 0. The van der Waals surface area contributed by atoms with Crippen molar-refractivity contribution in [2.75, 3.05) is 13.1 Å². The van der Waals surface area contributed by atoms with Crippen molar-refractivity contribution >= 4 is 10.9 Å². The van der Waals surface area contributed by atoms with Crippen molar-refractivity contribution < 1.29 is 0 Å². The van der Waals surface area contributed by atoms with Crippen LogP contribution >= 0.6 is 0 Å². The fraction of sp³-hybridized carbons (Fsp3) is 0.471. The molecule has 2 N–H and O–H groups in total. The van der Waals surface area contributed by atoms with Gasteiger partial charge in [0.2, 0.25) is 0 Å². The number of likely N-dealkylation sites (tertiary alicyclic amines) is 1. The maximum absolute atomic E-state index is 6.00. The molecule has 3 heteroatoms. The summed E-state index contributed by atoms with van der Waals surface area (Å²) >= 11 is 0. The quantitative estimate of drug-likeness (QED) is 0.929. The highest BCUT2D eigenvalue weighted by molar-refractivity contribution is 5.78. The van der Waals surface area contributed by atoms with E-state index in [1.807, 2.05) is 0 Å². The number of nitrogens with zero attached hydrogens (tertiary/aromatic N) is 2. The molecule has 20 heavy (non-hydrogen) atoms. The fourth-order valence-corrected chi connectivity index (χ4v) is 3.60. The third kappa shape index (κ3) is 2.02. The summed E-state index contributed by atoms with van der Waals surface area (Å²) in [5.74, 6) is 0.560. The smallest absolute Gasteiger partial charge is 0.0706 e. The standard InChI is InChI=1S/C17H21N3/c18-11-13-9-10-20(14-6-7-14)17(13)16-8-5-12-3-1-2-4-15(12)19-16/h1-5,8,13-14,17H,6-7,9-11,18H2. The SMILES string of the molecule is NCC1CCN(C2CC2)C1c1ccc2ccccc2n1. The molecule has 2 fully saturated rings. The zero-order valence-electron chi connectivity index (χ0n) is 11.7. The molecule has 3 nitrogen and oxygen atoms in total. The second-order valence-electron chi connectivity index (χ2n) is 6.13. The van der Waals surface area contributed by atoms with Gasteiger partial charge in [0, 0.05) is 11.4 Å². The number of para-hydroxylation sites is 1. The Morgan fingerprint density at radius 3 is 2.75 bits per heavy atom. The molecule has 2 atom stereocenters. The van der Waals surface area contributed by atoms with Crippen molar-refractivity contribution in [3.05, 3.63) is 42.1 Å². The Balaban J connectivity index is 1.74. The minimum absolute atomic E-state index is 0.428. The average molecular weight is 267 g/mol. The van der Waals surface area contributed by atoms with Gasteiger partial charge in [-0.2, -0.15) is 0 Å². The normalized spacial score (nSPS) is 27.2. The van der Waals surface area contributed by atoms with E-state index in [0.717, 1.165) is 18.1 Å². The molecule has 0 radical (unpaired) electrons. The first kappa shape index (κ1) is 12.3. The van der Waals surface area contributed by atoms with E-state index in [1.54, 1.807) is 0 Å². The van der Waals surface area contributed by atoms with E-state index in [4.69, 9.17) is 10.7 Å². The average Bonchev–Trinajstić information content (AvgIpc) is 3.25. The van der Waals surface area contributed by atoms with Crippen molar-refractivity contribution in [3.63, 3.8) is 0 Å². The van der Waals surface area contributed by atoms with Gasteiger partial charge in [0.15, 0.2) is 0 Å². The van der Waals surface area contributed by atoms with Gasteiger partial charge in [-0.25, -0.2) is 0 Å². The molecule has 2 aliphatic rings. The zero-order chi connectivity index (χ0) is 13.5. The van der Waals surface area contributed by atoms with E-state index < -0.39 is 0 Å². The largest absolute Gasteiger partial charge is 0.330 e. The molecule has 1 saturated carbocycles. The predicted molar refractivity (Wildman–Crippen MR) is 81.4 cm³/mol. The highest BCUT2D eigenvalue weighted by Gasteiger charge is 2.42. The molecule has 1 aliphatic carbocycles. The summed E-state index contributed by atoms with van der Waals surface area (Å²) in [5.41, 5.74) is 8.31. The van der Waals surface area contributed by atoms with Crippen molar-refractivity contribution in [1.82, 2.24) is 9.88 Å². The maximum atomic E-state index is 6.00. The van der Waals surface area contributed by atoms with Crippen LogP contribution < -0.4 is 5.73 Å². The second-order valence-corrected chi connectivity index (χ2v) is 6.13. The van der Waals surface area contributed by atoms with Crippen molar-refractivity contribution in [2.45, 2.75) is 31.3 Å². The Labute approximate surface area is 119 Å². The number of aromatic nitrogens is 1. The van der Waals surface area contributed by atoms with Gasteiger partial charge in [-0.15, -0.1) is 0 Å². The molecule has 1 aromatic heterocycles. The van der Waals surface area contributed by atoms with Crippen LogP contribution in [0.5, 0.6) is 0 Å². The van der Waals surface area contributed by atoms with Crippen LogP contribution in [0, 0.1) is 5.92 Å². The monoisotopic (exact) mass is 267 g/mol. The number of nitrogens with two attached hydrogens (primary N) is 1. The van der Waals surface area contributed by atoms with Crippen molar-refractivity contribution in [2.24, 2.45) is 11.7 Å². The summed E-state index contributed by atoms with van der Waals surface area (Å²) in [5, 5.41) is 1.22. The number of pyridine rings is 1. The summed E-state index contributed by atoms with van der Waals surface area (Å²) in [7, 11) is 0. The molecular formula is C17H21N3. The van der Waals surface area contributed by atoms with Gasteiger partial charge in [0.25, 0.3) is 0 Å². The van der Waals surface area contributed by atoms with Gasteiger partial charge < -0.3 is 5.73 Å². The first-order chi connectivity index (χ1) is 9.86. The van der Waals surface area contributed by atoms with Crippen LogP contribution in [0.4, 0.5) is 0 Å². The van der Waals surface area contributed by atoms with E-state index in [1.165, 1.54) is 36.9 Å². The molecule has 0 bridgehead atoms. The third-order valence-corrected chi connectivity index (χ3v) is 4.80. The van der Waals surface area contributed by atoms with Crippen LogP contribution in [0.15, 0.2) is 36.4 Å². The van der Waals surface area contributed by atoms with Gasteiger partial charge in [-0.1, -0.05) is 24.3 Å². The molecule has 2 heterocycles. The molecule has 104 valence electrons.